The van der Waals surface area contributed by atoms with Gasteiger partial charge in [-0.1, -0.05) is 0 Å². The van der Waals surface area contributed by atoms with Crippen LogP contribution in [0.2, 0.25) is 0 Å². The van der Waals surface area contributed by atoms with E-state index in [0.717, 1.165) is 0 Å². The van der Waals surface area contributed by atoms with E-state index in [1.54, 1.807) is 20.0 Å². The lowest BCUT2D eigenvalue weighted by atomic mass is 10.1. The molecule has 0 spiro atoms. The van der Waals surface area contributed by atoms with E-state index in [1.807, 2.05) is 0 Å². The van der Waals surface area contributed by atoms with Crippen LogP contribution >= 0.6 is 0 Å². The van der Waals surface area contributed by atoms with E-state index in [2.05, 4.69) is 5.32 Å². The molecule has 0 fully saturated rings. The average Bonchev–Trinajstić information content (AvgIpc) is 2.28. The van der Waals surface area contributed by atoms with E-state index >= 15 is 0 Å². The summed E-state index contributed by atoms with van der Waals surface area (Å²) in [5.41, 5.74) is 0.959. The molecule has 2 N–H and O–H groups in total. The molecular formula is C10H13N3O3. The standard InChI is InChI=1S/C10H13N3O3/c1-3-16-10(11)8-6-7(13(14)15)4-5-9(8)12-2/h4-6,11-12H,3H2,1-2H3. The highest BCUT2D eigenvalue weighted by Gasteiger charge is 2.14. The zero-order chi connectivity index (χ0) is 12.1. The summed E-state index contributed by atoms with van der Waals surface area (Å²) in [5.74, 6) is -0.0736. The second-order valence-corrected chi connectivity index (χ2v) is 3.00. The molecule has 0 saturated carbocycles. The monoisotopic (exact) mass is 223 g/mol. The fourth-order valence-corrected chi connectivity index (χ4v) is 1.27. The summed E-state index contributed by atoms with van der Waals surface area (Å²) in [6, 6.07) is 4.26. The highest BCUT2D eigenvalue weighted by Crippen LogP contribution is 2.22. The number of nitro benzene ring substituents is 1. The summed E-state index contributed by atoms with van der Waals surface area (Å²) in [6.45, 7) is 2.11. The summed E-state index contributed by atoms with van der Waals surface area (Å²) in [6.07, 6.45) is 0. The van der Waals surface area contributed by atoms with Crippen molar-refractivity contribution in [2.45, 2.75) is 6.92 Å². The largest absolute Gasteiger partial charge is 0.478 e. The van der Waals surface area contributed by atoms with E-state index in [4.69, 9.17) is 10.1 Å². The molecule has 0 aliphatic carbocycles. The lowest BCUT2D eigenvalue weighted by molar-refractivity contribution is -0.384. The molecule has 1 rings (SSSR count). The van der Waals surface area contributed by atoms with Crippen LogP contribution in [-0.2, 0) is 4.74 Å². The van der Waals surface area contributed by atoms with Crippen molar-refractivity contribution in [3.05, 3.63) is 33.9 Å². The molecule has 86 valence electrons. The molecule has 1 aromatic carbocycles. The zero-order valence-electron chi connectivity index (χ0n) is 9.11. The van der Waals surface area contributed by atoms with Gasteiger partial charge in [-0.3, -0.25) is 15.5 Å². The summed E-state index contributed by atoms with van der Waals surface area (Å²) in [5, 5.41) is 21.1. The summed E-state index contributed by atoms with van der Waals surface area (Å²) >= 11 is 0. The maximum atomic E-state index is 10.6. The molecule has 16 heavy (non-hydrogen) atoms. The fraction of sp³-hybridized carbons (Fsp3) is 0.300. The Labute approximate surface area is 92.9 Å². The van der Waals surface area contributed by atoms with E-state index < -0.39 is 4.92 Å². The molecule has 0 aliphatic heterocycles. The first-order valence-electron chi connectivity index (χ1n) is 4.78. The normalized spacial score (nSPS) is 9.62. The Morgan fingerprint density at radius 3 is 2.81 bits per heavy atom. The number of nitro groups is 1. The molecule has 0 aliphatic rings. The lowest BCUT2D eigenvalue weighted by Gasteiger charge is -2.10. The fourth-order valence-electron chi connectivity index (χ4n) is 1.27. The van der Waals surface area contributed by atoms with Crippen LogP contribution in [-0.4, -0.2) is 24.5 Å². The second kappa shape index (κ2) is 5.11. The maximum absolute atomic E-state index is 10.6. The third-order valence-corrected chi connectivity index (χ3v) is 2.02. The number of nitrogens with zero attached hydrogens (tertiary/aromatic N) is 1. The molecule has 6 heteroatoms. The van der Waals surface area contributed by atoms with Crippen LogP contribution in [0.1, 0.15) is 12.5 Å². The van der Waals surface area contributed by atoms with Crippen LogP contribution in [0, 0.1) is 15.5 Å². The Hall–Kier alpha value is -2.11. The third-order valence-electron chi connectivity index (χ3n) is 2.02. The Morgan fingerprint density at radius 2 is 2.31 bits per heavy atom. The summed E-state index contributed by atoms with van der Waals surface area (Å²) in [7, 11) is 1.68. The zero-order valence-corrected chi connectivity index (χ0v) is 9.11. The number of rotatable bonds is 4. The Morgan fingerprint density at radius 1 is 1.62 bits per heavy atom. The number of benzene rings is 1. The number of hydrogen-bond donors (Lipinski definition) is 2. The van der Waals surface area contributed by atoms with Crippen LogP contribution in [0.3, 0.4) is 0 Å². The topological polar surface area (TPSA) is 88.2 Å². The number of nitrogens with one attached hydrogen (secondary N) is 2. The Balaban J connectivity index is 3.16. The second-order valence-electron chi connectivity index (χ2n) is 3.00. The first kappa shape index (κ1) is 12.0. The number of ether oxygens (including phenoxy) is 1. The SMILES string of the molecule is CCOC(=N)c1cc([N+](=O)[O-])ccc1NC. The van der Waals surface area contributed by atoms with Crippen LogP contribution in [0.25, 0.3) is 0 Å². The molecule has 0 heterocycles. The van der Waals surface area contributed by atoms with Crippen molar-refractivity contribution in [3.8, 4) is 0 Å². The quantitative estimate of drug-likeness (QED) is 0.353. The molecule has 0 unspecified atom stereocenters. The molecule has 0 atom stereocenters. The van der Waals surface area contributed by atoms with Crippen molar-refractivity contribution in [2.75, 3.05) is 19.0 Å². The average molecular weight is 223 g/mol. The first-order valence-corrected chi connectivity index (χ1v) is 4.78. The van der Waals surface area contributed by atoms with Crippen LogP contribution in [0.4, 0.5) is 11.4 Å². The highest BCUT2D eigenvalue weighted by molar-refractivity contribution is 5.98. The highest BCUT2D eigenvalue weighted by atomic mass is 16.6. The van der Waals surface area contributed by atoms with Gasteiger partial charge in [-0.2, -0.15) is 0 Å². The summed E-state index contributed by atoms with van der Waals surface area (Å²) in [4.78, 5) is 10.1. The molecule has 0 amide bonds. The van der Waals surface area contributed by atoms with Crippen molar-refractivity contribution in [1.82, 2.24) is 0 Å². The minimum Gasteiger partial charge on any atom is -0.478 e. The van der Waals surface area contributed by atoms with Gasteiger partial charge in [-0.05, 0) is 13.0 Å². The van der Waals surface area contributed by atoms with E-state index in [-0.39, 0.29) is 11.6 Å². The van der Waals surface area contributed by atoms with Gasteiger partial charge in [0.1, 0.15) is 0 Å². The van der Waals surface area contributed by atoms with E-state index in [0.29, 0.717) is 17.9 Å². The minimum absolute atomic E-state index is 0.0570. The van der Waals surface area contributed by atoms with Crippen molar-refractivity contribution in [1.29, 1.82) is 5.41 Å². The predicted octanol–water partition coefficient (Wildman–Crippen LogP) is 2.00. The Bertz CT molecular complexity index is 418. The van der Waals surface area contributed by atoms with Gasteiger partial charge in [-0.15, -0.1) is 0 Å². The first-order chi connectivity index (χ1) is 7.60. The molecule has 0 saturated heterocycles. The molecule has 0 radical (unpaired) electrons. The van der Waals surface area contributed by atoms with Crippen molar-refractivity contribution in [2.24, 2.45) is 0 Å². The maximum Gasteiger partial charge on any atom is 0.270 e. The van der Waals surface area contributed by atoms with Gasteiger partial charge in [0.05, 0.1) is 17.1 Å². The van der Waals surface area contributed by atoms with Gasteiger partial charge in [0.15, 0.2) is 0 Å². The third kappa shape index (κ3) is 2.47. The lowest BCUT2D eigenvalue weighted by Crippen LogP contribution is -2.08. The number of hydrogen-bond acceptors (Lipinski definition) is 5. The predicted molar refractivity (Wildman–Crippen MR) is 61.1 cm³/mol. The summed E-state index contributed by atoms with van der Waals surface area (Å²) < 4.78 is 5.03. The molecule has 6 nitrogen and oxygen atoms in total. The molecule has 0 bridgehead atoms. The minimum atomic E-state index is -0.498. The van der Waals surface area contributed by atoms with Crippen molar-refractivity contribution >= 4 is 17.3 Å². The van der Waals surface area contributed by atoms with Gasteiger partial charge >= 0.3 is 0 Å². The number of anilines is 1. The van der Waals surface area contributed by atoms with Crippen molar-refractivity contribution < 1.29 is 9.66 Å². The van der Waals surface area contributed by atoms with Gasteiger partial charge in [0.25, 0.3) is 5.69 Å². The van der Waals surface area contributed by atoms with Gasteiger partial charge in [0.2, 0.25) is 5.90 Å². The van der Waals surface area contributed by atoms with Crippen molar-refractivity contribution in [3.63, 3.8) is 0 Å². The van der Waals surface area contributed by atoms with Gasteiger partial charge < -0.3 is 10.1 Å². The van der Waals surface area contributed by atoms with Crippen LogP contribution in [0.15, 0.2) is 18.2 Å². The smallest absolute Gasteiger partial charge is 0.270 e. The van der Waals surface area contributed by atoms with Gasteiger partial charge in [0, 0.05) is 24.9 Å². The van der Waals surface area contributed by atoms with Crippen LogP contribution in [0.5, 0.6) is 0 Å². The van der Waals surface area contributed by atoms with Gasteiger partial charge in [-0.25, -0.2) is 0 Å². The molecule has 1 aromatic rings. The van der Waals surface area contributed by atoms with Crippen LogP contribution < -0.4 is 5.32 Å². The molecular weight excluding hydrogens is 210 g/mol. The van der Waals surface area contributed by atoms with E-state index in [9.17, 15) is 10.1 Å². The van der Waals surface area contributed by atoms with E-state index in [1.165, 1.54) is 12.1 Å². The Kier molecular flexibility index (Phi) is 3.82. The molecule has 0 aromatic heterocycles. The number of non-ortho nitro benzene ring substituents is 1.